The number of hydrogen-bond acceptors (Lipinski definition) is 5. The fourth-order valence-corrected chi connectivity index (χ4v) is 2.10. The van der Waals surface area contributed by atoms with Gasteiger partial charge in [0.05, 0.1) is 16.7 Å². The number of H-pyrrole nitrogens is 1. The summed E-state index contributed by atoms with van der Waals surface area (Å²) in [6.45, 7) is 0. The quantitative estimate of drug-likeness (QED) is 0.495. The molecule has 7 heteroatoms. The van der Waals surface area contributed by atoms with E-state index in [9.17, 15) is 19.7 Å². The number of nitrogens with zero attached hydrogens (tertiary/aromatic N) is 1. The second-order valence-electron chi connectivity index (χ2n) is 4.19. The van der Waals surface area contributed by atoms with E-state index in [-0.39, 0.29) is 17.8 Å². The maximum Gasteiger partial charge on any atom is 0.260 e. The van der Waals surface area contributed by atoms with Crippen LogP contribution in [-0.4, -0.2) is 34.7 Å². The lowest BCUT2D eigenvalue weighted by atomic mass is 9.85. The van der Waals surface area contributed by atoms with Gasteiger partial charge in [-0.15, -0.1) is 0 Å². The second kappa shape index (κ2) is 5.15. The van der Waals surface area contributed by atoms with E-state index >= 15 is 0 Å². The predicted molar refractivity (Wildman–Crippen MR) is 64.1 cm³/mol. The van der Waals surface area contributed by atoms with Crippen LogP contribution in [0.4, 0.5) is 0 Å². The van der Waals surface area contributed by atoms with E-state index in [1.165, 1.54) is 13.2 Å². The molecule has 1 aromatic heterocycles. The summed E-state index contributed by atoms with van der Waals surface area (Å²) in [6, 6.07) is 3.17. The third kappa shape index (κ3) is 2.45. The minimum Gasteiger partial charge on any atom is -0.373 e. The first-order valence-electron chi connectivity index (χ1n) is 5.64. The lowest BCUT2D eigenvalue weighted by Gasteiger charge is -2.22. The number of carbonyl (C=O) groups is 2. The number of nitro groups is 1. The summed E-state index contributed by atoms with van der Waals surface area (Å²) < 4.78 is 4.95. The monoisotopic (exact) mass is 264 g/mol. The Labute approximate surface area is 108 Å². The average molecular weight is 264 g/mol. The summed E-state index contributed by atoms with van der Waals surface area (Å²) in [4.78, 5) is 36.8. The Morgan fingerprint density at radius 1 is 1.58 bits per heavy atom. The molecule has 1 aliphatic rings. The van der Waals surface area contributed by atoms with Gasteiger partial charge in [0.1, 0.15) is 12.0 Å². The molecule has 7 nitrogen and oxygen atoms in total. The molecule has 2 rings (SSSR count). The average Bonchev–Trinajstić information content (AvgIpc) is 2.91. The smallest absolute Gasteiger partial charge is 0.260 e. The molecule has 1 N–H and O–H groups in total. The molecule has 2 unspecified atom stereocenters. The number of rotatable bonds is 4. The van der Waals surface area contributed by atoms with Crippen molar-refractivity contribution in [2.45, 2.75) is 12.5 Å². The molecule has 1 aromatic rings. The summed E-state index contributed by atoms with van der Waals surface area (Å²) in [5.41, 5.74) is -0.0974. The number of ether oxygens (including phenoxy) is 1. The van der Waals surface area contributed by atoms with Gasteiger partial charge in [-0.25, -0.2) is 0 Å². The molecule has 2 atom stereocenters. The highest BCUT2D eigenvalue weighted by molar-refractivity contribution is 6.02. The molecule has 0 bridgehead atoms. The molecule has 19 heavy (non-hydrogen) atoms. The molecule has 0 spiro atoms. The number of ketones is 2. The Balaban J connectivity index is 2.36. The molecule has 1 heterocycles. The van der Waals surface area contributed by atoms with Crippen molar-refractivity contribution in [3.63, 3.8) is 0 Å². The molecular formula is C12H12N2O5. The van der Waals surface area contributed by atoms with E-state index in [0.717, 1.165) is 6.08 Å². The molecular weight excluding hydrogens is 252 g/mol. The summed E-state index contributed by atoms with van der Waals surface area (Å²) >= 11 is 0. The minimum atomic E-state index is -0.976. The highest BCUT2D eigenvalue weighted by Gasteiger charge is 2.41. The van der Waals surface area contributed by atoms with Crippen LogP contribution in [0.3, 0.4) is 0 Å². The Morgan fingerprint density at radius 3 is 2.84 bits per heavy atom. The maximum atomic E-state index is 12.2. The van der Waals surface area contributed by atoms with Gasteiger partial charge in [0, 0.05) is 19.7 Å². The van der Waals surface area contributed by atoms with Gasteiger partial charge in [-0.3, -0.25) is 19.7 Å². The van der Waals surface area contributed by atoms with Crippen molar-refractivity contribution in [2.24, 2.45) is 5.92 Å². The number of aromatic nitrogens is 1. The van der Waals surface area contributed by atoms with Gasteiger partial charge in [0.25, 0.3) is 5.70 Å². The Kier molecular flexibility index (Phi) is 3.57. The van der Waals surface area contributed by atoms with E-state index < -0.39 is 28.5 Å². The molecule has 0 fully saturated rings. The van der Waals surface area contributed by atoms with Crippen LogP contribution in [0.5, 0.6) is 0 Å². The van der Waals surface area contributed by atoms with Crippen LogP contribution in [0.25, 0.3) is 0 Å². The number of methoxy groups -OCH3 is 1. The van der Waals surface area contributed by atoms with E-state index in [4.69, 9.17) is 4.74 Å². The summed E-state index contributed by atoms with van der Waals surface area (Å²) in [5.74, 6) is -1.87. The Morgan fingerprint density at radius 2 is 2.32 bits per heavy atom. The largest absolute Gasteiger partial charge is 0.373 e. The van der Waals surface area contributed by atoms with Crippen LogP contribution < -0.4 is 0 Å². The highest BCUT2D eigenvalue weighted by Crippen LogP contribution is 2.28. The van der Waals surface area contributed by atoms with Gasteiger partial charge in [-0.1, -0.05) is 0 Å². The number of hydrogen-bond donors (Lipinski definition) is 1. The van der Waals surface area contributed by atoms with Gasteiger partial charge < -0.3 is 9.72 Å². The van der Waals surface area contributed by atoms with Crippen LogP contribution in [0.1, 0.15) is 16.9 Å². The van der Waals surface area contributed by atoms with Gasteiger partial charge in [0.15, 0.2) is 11.6 Å². The van der Waals surface area contributed by atoms with Crippen LogP contribution in [0.15, 0.2) is 30.1 Å². The number of nitrogens with one attached hydrogen (secondary N) is 1. The van der Waals surface area contributed by atoms with Crippen molar-refractivity contribution in [3.05, 3.63) is 45.9 Å². The van der Waals surface area contributed by atoms with E-state index in [1.54, 1.807) is 12.3 Å². The van der Waals surface area contributed by atoms with Gasteiger partial charge in [0.2, 0.25) is 0 Å². The normalized spacial score (nSPS) is 23.0. The maximum absolute atomic E-state index is 12.2. The van der Waals surface area contributed by atoms with Crippen molar-refractivity contribution < 1.29 is 19.2 Å². The zero-order chi connectivity index (χ0) is 14.0. The third-order valence-corrected chi connectivity index (χ3v) is 3.09. The molecule has 0 radical (unpaired) electrons. The number of allylic oxidation sites excluding steroid dienone is 1. The molecule has 1 aliphatic carbocycles. The molecule has 0 saturated carbocycles. The fourth-order valence-electron chi connectivity index (χ4n) is 2.10. The first-order valence-corrected chi connectivity index (χ1v) is 5.64. The Hall–Kier alpha value is -2.28. The summed E-state index contributed by atoms with van der Waals surface area (Å²) in [5, 5.41) is 11.0. The van der Waals surface area contributed by atoms with Crippen molar-refractivity contribution in [1.29, 1.82) is 0 Å². The molecule has 0 amide bonds. The van der Waals surface area contributed by atoms with Crippen molar-refractivity contribution >= 4 is 11.6 Å². The third-order valence-electron chi connectivity index (χ3n) is 3.09. The summed E-state index contributed by atoms with van der Waals surface area (Å²) in [7, 11) is 1.34. The topological polar surface area (TPSA) is 102 Å². The van der Waals surface area contributed by atoms with Gasteiger partial charge in [-0.05, 0) is 12.1 Å². The molecule has 0 aromatic carbocycles. The van der Waals surface area contributed by atoms with Crippen LogP contribution in [0.2, 0.25) is 0 Å². The summed E-state index contributed by atoms with van der Waals surface area (Å²) in [6.07, 6.45) is 1.63. The molecule has 0 saturated heterocycles. The standard InChI is InChI=1S/C12H12N2O5/c1-19-11-5-7(9(14(17)18)6-10(11)15)12(16)8-3-2-4-13-8/h2-4,6-7,11,13H,5H2,1H3. The van der Waals surface area contributed by atoms with E-state index in [2.05, 4.69) is 4.98 Å². The fraction of sp³-hybridized carbons (Fsp3) is 0.333. The highest BCUT2D eigenvalue weighted by atomic mass is 16.6. The minimum absolute atomic E-state index is 0.0139. The predicted octanol–water partition coefficient (Wildman–Crippen LogP) is 0.962. The zero-order valence-corrected chi connectivity index (χ0v) is 10.2. The number of Topliss-reactive ketones (excluding diaryl/α,β-unsaturated/α-hetero) is 1. The Bertz CT molecular complexity index is 546. The molecule has 100 valence electrons. The van der Waals surface area contributed by atoms with Crippen LogP contribution >= 0.6 is 0 Å². The first kappa shape index (κ1) is 13.2. The second-order valence-corrected chi connectivity index (χ2v) is 4.19. The van der Waals surface area contributed by atoms with Crippen molar-refractivity contribution in [1.82, 2.24) is 4.98 Å². The lowest BCUT2D eigenvalue weighted by Crippen LogP contribution is -2.36. The first-order chi connectivity index (χ1) is 9.04. The van der Waals surface area contributed by atoms with Gasteiger partial charge in [-0.2, -0.15) is 0 Å². The zero-order valence-electron chi connectivity index (χ0n) is 10.2. The number of aromatic amines is 1. The van der Waals surface area contributed by atoms with Gasteiger partial charge >= 0.3 is 0 Å². The molecule has 0 aliphatic heterocycles. The SMILES string of the molecule is COC1CC(C(=O)c2ccc[nH]2)C([N+](=O)[O-])=CC1=O. The van der Waals surface area contributed by atoms with Crippen molar-refractivity contribution in [2.75, 3.05) is 7.11 Å². The van der Waals surface area contributed by atoms with Crippen LogP contribution in [-0.2, 0) is 9.53 Å². The number of carbonyl (C=O) groups excluding carboxylic acids is 2. The van der Waals surface area contributed by atoms with Crippen LogP contribution in [0, 0.1) is 16.0 Å². The van der Waals surface area contributed by atoms with E-state index in [0.29, 0.717) is 0 Å². The lowest BCUT2D eigenvalue weighted by molar-refractivity contribution is -0.432. The van der Waals surface area contributed by atoms with Crippen molar-refractivity contribution in [3.8, 4) is 0 Å². The van der Waals surface area contributed by atoms with E-state index in [1.807, 2.05) is 0 Å².